The van der Waals surface area contributed by atoms with E-state index in [0.29, 0.717) is 0 Å². The van der Waals surface area contributed by atoms with Crippen molar-refractivity contribution in [2.24, 2.45) is 7.05 Å². The summed E-state index contributed by atoms with van der Waals surface area (Å²) < 4.78 is 1.86. The van der Waals surface area contributed by atoms with E-state index in [4.69, 9.17) is 17.3 Å². The van der Waals surface area contributed by atoms with E-state index in [9.17, 15) is 0 Å². The molecule has 0 aliphatic rings. The lowest BCUT2D eigenvalue weighted by molar-refractivity contribution is 0.681. The van der Waals surface area contributed by atoms with Gasteiger partial charge in [-0.2, -0.15) is 5.10 Å². The zero-order valence-electron chi connectivity index (χ0n) is 11.2. The van der Waals surface area contributed by atoms with E-state index in [0.717, 1.165) is 45.6 Å². The molecule has 0 saturated carbocycles. The molecule has 3 nitrogen and oxygen atoms in total. The number of nitrogen functional groups attached to an aromatic ring is 1. The van der Waals surface area contributed by atoms with Crippen LogP contribution in [0.2, 0.25) is 5.02 Å². The van der Waals surface area contributed by atoms with Crippen molar-refractivity contribution in [3.63, 3.8) is 0 Å². The Morgan fingerprint density at radius 3 is 2.79 bits per heavy atom. The first-order valence-corrected chi connectivity index (χ1v) is 7.67. The molecule has 0 bridgehead atoms. The van der Waals surface area contributed by atoms with Crippen LogP contribution in [0.1, 0.15) is 24.6 Å². The molecule has 0 unspecified atom stereocenters. The van der Waals surface area contributed by atoms with Gasteiger partial charge in [0.1, 0.15) is 5.03 Å². The summed E-state index contributed by atoms with van der Waals surface area (Å²) in [4.78, 5) is 0. The summed E-state index contributed by atoms with van der Waals surface area (Å²) in [6.45, 7) is 2.13. The first kappa shape index (κ1) is 14.3. The molecule has 0 aliphatic heterocycles. The summed E-state index contributed by atoms with van der Waals surface area (Å²) in [7, 11) is 1.93. The molecule has 2 aromatic rings. The predicted molar refractivity (Wildman–Crippen MR) is 82.6 cm³/mol. The fourth-order valence-corrected chi connectivity index (χ4v) is 3.26. The van der Waals surface area contributed by atoms with Crippen molar-refractivity contribution in [2.75, 3.05) is 5.73 Å². The molecule has 0 aliphatic carbocycles. The van der Waals surface area contributed by atoms with E-state index in [-0.39, 0.29) is 0 Å². The zero-order chi connectivity index (χ0) is 13.8. The zero-order valence-corrected chi connectivity index (χ0v) is 12.8. The predicted octanol–water partition coefficient (Wildman–Crippen LogP) is 3.90. The van der Waals surface area contributed by atoms with Crippen LogP contribution < -0.4 is 5.73 Å². The van der Waals surface area contributed by atoms with Gasteiger partial charge in [-0.1, -0.05) is 54.9 Å². The van der Waals surface area contributed by atoms with Gasteiger partial charge < -0.3 is 5.73 Å². The lowest BCUT2D eigenvalue weighted by Crippen LogP contribution is -1.94. The summed E-state index contributed by atoms with van der Waals surface area (Å²) in [5.74, 6) is 0.801. The van der Waals surface area contributed by atoms with Gasteiger partial charge >= 0.3 is 0 Å². The van der Waals surface area contributed by atoms with E-state index in [1.165, 1.54) is 0 Å². The number of thioether (sulfide) groups is 1. The second-order valence-electron chi connectivity index (χ2n) is 4.42. The monoisotopic (exact) mass is 295 g/mol. The number of rotatable bonds is 5. The Bertz CT molecular complexity index is 566. The molecule has 0 saturated heterocycles. The van der Waals surface area contributed by atoms with Gasteiger partial charge in [0, 0.05) is 17.8 Å². The topological polar surface area (TPSA) is 43.8 Å². The molecular formula is C14H18ClN3S. The van der Waals surface area contributed by atoms with Crippen molar-refractivity contribution in [1.29, 1.82) is 0 Å². The Morgan fingerprint density at radius 2 is 2.11 bits per heavy atom. The Morgan fingerprint density at radius 1 is 1.37 bits per heavy atom. The van der Waals surface area contributed by atoms with Gasteiger partial charge in [0.2, 0.25) is 0 Å². The van der Waals surface area contributed by atoms with Crippen LogP contribution >= 0.6 is 23.4 Å². The number of anilines is 1. The molecule has 5 heteroatoms. The Kier molecular flexibility index (Phi) is 4.77. The summed E-state index contributed by atoms with van der Waals surface area (Å²) >= 11 is 7.84. The van der Waals surface area contributed by atoms with Crippen LogP contribution in [0.15, 0.2) is 29.3 Å². The second-order valence-corrected chi connectivity index (χ2v) is 5.79. The first-order chi connectivity index (χ1) is 9.13. The van der Waals surface area contributed by atoms with Crippen LogP contribution in [0.25, 0.3) is 0 Å². The molecule has 19 heavy (non-hydrogen) atoms. The number of halogens is 1. The minimum Gasteiger partial charge on any atom is -0.395 e. The van der Waals surface area contributed by atoms with Crippen LogP contribution in [0.3, 0.4) is 0 Å². The molecule has 2 N–H and O–H groups in total. The third kappa shape index (κ3) is 3.25. The van der Waals surface area contributed by atoms with Gasteiger partial charge in [0.25, 0.3) is 0 Å². The number of hydrogen-bond donors (Lipinski definition) is 1. The maximum Gasteiger partial charge on any atom is 0.117 e. The van der Waals surface area contributed by atoms with Crippen LogP contribution in [-0.2, 0) is 19.2 Å². The minimum absolute atomic E-state index is 0.796. The third-order valence-electron chi connectivity index (χ3n) is 2.91. The van der Waals surface area contributed by atoms with Crippen molar-refractivity contribution < 1.29 is 0 Å². The normalized spacial score (nSPS) is 10.9. The van der Waals surface area contributed by atoms with Crippen LogP contribution in [-0.4, -0.2) is 9.78 Å². The largest absolute Gasteiger partial charge is 0.395 e. The summed E-state index contributed by atoms with van der Waals surface area (Å²) in [6, 6.07) is 7.88. The van der Waals surface area contributed by atoms with Gasteiger partial charge in [-0.3, -0.25) is 4.68 Å². The lowest BCUT2D eigenvalue weighted by atomic mass is 10.2. The Hall–Kier alpha value is -1.13. The standard InChI is InChI=1S/C14H18ClN3S/c1-3-6-12-13(16)14(18(2)17-12)19-9-10-7-4-5-8-11(10)15/h4-5,7-8H,3,6,9,16H2,1-2H3. The SMILES string of the molecule is CCCc1nn(C)c(SCc2ccccc2Cl)c1N. The number of aryl methyl sites for hydroxylation is 2. The molecular weight excluding hydrogens is 278 g/mol. The number of benzene rings is 1. The first-order valence-electron chi connectivity index (χ1n) is 6.31. The van der Waals surface area contributed by atoms with Crippen molar-refractivity contribution in [3.8, 4) is 0 Å². The summed E-state index contributed by atoms with van der Waals surface area (Å²) in [5, 5.41) is 6.29. The number of nitrogens with zero attached hydrogens (tertiary/aromatic N) is 2. The molecule has 2 rings (SSSR count). The minimum atomic E-state index is 0.796. The highest BCUT2D eigenvalue weighted by Crippen LogP contribution is 2.32. The average molecular weight is 296 g/mol. The summed E-state index contributed by atoms with van der Waals surface area (Å²) in [6.07, 6.45) is 1.97. The Balaban J connectivity index is 2.14. The van der Waals surface area contributed by atoms with Gasteiger partial charge in [-0.25, -0.2) is 0 Å². The van der Waals surface area contributed by atoms with E-state index >= 15 is 0 Å². The molecule has 0 fully saturated rings. The smallest absolute Gasteiger partial charge is 0.117 e. The van der Waals surface area contributed by atoms with Crippen LogP contribution in [0.5, 0.6) is 0 Å². The molecule has 0 atom stereocenters. The van der Waals surface area contributed by atoms with Crippen molar-refractivity contribution in [2.45, 2.75) is 30.5 Å². The summed E-state index contributed by atoms with van der Waals surface area (Å²) in [5.41, 5.74) is 9.07. The fraction of sp³-hybridized carbons (Fsp3) is 0.357. The molecule has 1 aromatic carbocycles. The molecule has 0 spiro atoms. The van der Waals surface area contributed by atoms with Crippen LogP contribution in [0, 0.1) is 0 Å². The van der Waals surface area contributed by atoms with E-state index in [2.05, 4.69) is 12.0 Å². The van der Waals surface area contributed by atoms with Gasteiger partial charge in [-0.15, -0.1) is 0 Å². The second kappa shape index (κ2) is 6.35. The number of aromatic nitrogens is 2. The quantitative estimate of drug-likeness (QED) is 0.851. The highest BCUT2D eigenvalue weighted by Gasteiger charge is 2.13. The Labute approximate surface area is 123 Å². The fourth-order valence-electron chi connectivity index (χ4n) is 1.93. The van der Waals surface area contributed by atoms with E-state index in [1.54, 1.807) is 11.8 Å². The van der Waals surface area contributed by atoms with Crippen molar-refractivity contribution in [1.82, 2.24) is 9.78 Å². The maximum atomic E-state index is 6.16. The molecule has 1 heterocycles. The van der Waals surface area contributed by atoms with Gasteiger partial charge in [0.05, 0.1) is 11.4 Å². The van der Waals surface area contributed by atoms with Crippen molar-refractivity contribution in [3.05, 3.63) is 40.5 Å². The van der Waals surface area contributed by atoms with Crippen molar-refractivity contribution >= 4 is 29.1 Å². The molecule has 102 valence electrons. The third-order valence-corrected chi connectivity index (χ3v) is 4.50. The van der Waals surface area contributed by atoms with Gasteiger partial charge in [0.15, 0.2) is 0 Å². The average Bonchev–Trinajstić information content (AvgIpc) is 2.65. The van der Waals surface area contributed by atoms with Crippen LogP contribution in [0.4, 0.5) is 5.69 Å². The van der Waals surface area contributed by atoms with E-state index < -0.39 is 0 Å². The molecule has 0 amide bonds. The van der Waals surface area contributed by atoms with E-state index in [1.807, 2.05) is 36.0 Å². The molecule has 1 aromatic heterocycles. The van der Waals surface area contributed by atoms with Gasteiger partial charge in [-0.05, 0) is 18.1 Å². The maximum absolute atomic E-state index is 6.16. The highest BCUT2D eigenvalue weighted by atomic mass is 35.5. The molecule has 0 radical (unpaired) electrons. The lowest BCUT2D eigenvalue weighted by Gasteiger charge is -2.05. The number of nitrogens with two attached hydrogens (primary N) is 1. The highest BCUT2D eigenvalue weighted by molar-refractivity contribution is 7.98. The number of hydrogen-bond acceptors (Lipinski definition) is 3.